The average Bonchev–Trinajstić information content (AvgIpc) is 2.25. The largest absolute Gasteiger partial charge is 0.481 e. The summed E-state index contributed by atoms with van der Waals surface area (Å²) in [6, 6.07) is 9.33. The fraction of sp³-hybridized carbons (Fsp3) is 0.273. The molecule has 0 saturated carbocycles. The Morgan fingerprint density at radius 2 is 2.07 bits per heavy atom. The van der Waals surface area contributed by atoms with Crippen LogP contribution in [0.15, 0.2) is 29.2 Å². The Morgan fingerprint density at radius 3 is 2.60 bits per heavy atom. The van der Waals surface area contributed by atoms with Crippen LogP contribution in [0.3, 0.4) is 0 Å². The molecule has 0 fully saturated rings. The molecule has 3 nitrogen and oxygen atoms in total. The predicted molar refractivity (Wildman–Crippen MR) is 58.8 cm³/mol. The third-order valence-corrected chi connectivity index (χ3v) is 2.89. The van der Waals surface area contributed by atoms with Crippen LogP contribution in [-0.4, -0.2) is 16.8 Å². The second-order valence-corrected chi connectivity index (χ2v) is 4.15. The van der Waals surface area contributed by atoms with Gasteiger partial charge in [0.25, 0.3) is 0 Å². The molecule has 0 aromatic heterocycles. The molecule has 0 radical (unpaired) electrons. The highest BCUT2D eigenvalue weighted by molar-refractivity contribution is 7.99. The maximum atomic E-state index is 10.2. The molecule has 78 valence electrons. The lowest BCUT2D eigenvalue weighted by Gasteiger charge is -1.99. The lowest BCUT2D eigenvalue weighted by Crippen LogP contribution is -1.94. The molecule has 0 spiro atoms. The van der Waals surface area contributed by atoms with Gasteiger partial charge >= 0.3 is 5.97 Å². The zero-order chi connectivity index (χ0) is 11.1. The molecular formula is C11H11NO2S. The quantitative estimate of drug-likeness (QED) is 0.613. The van der Waals surface area contributed by atoms with E-state index in [9.17, 15) is 4.79 Å². The van der Waals surface area contributed by atoms with Crippen molar-refractivity contribution in [2.45, 2.75) is 17.7 Å². The van der Waals surface area contributed by atoms with Crippen LogP contribution in [0, 0.1) is 11.3 Å². The molecule has 0 unspecified atom stereocenters. The SMILES string of the molecule is N#Cc1ccc(SCCCC(=O)O)cc1. The molecule has 0 bridgehead atoms. The van der Waals surface area contributed by atoms with Gasteiger partial charge in [-0.25, -0.2) is 0 Å². The van der Waals surface area contributed by atoms with Gasteiger partial charge in [0.1, 0.15) is 0 Å². The first-order valence-electron chi connectivity index (χ1n) is 4.57. The first-order valence-corrected chi connectivity index (χ1v) is 5.55. The Morgan fingerprint density at radius 1 is 1.40 bits per heavy atom. The smallest absolute Gasteiger partial charge is 0.303 e. The normalized spacial score (nSPS) is 9.53. The molecule has 0 aliphatic heterocycles. The van der Waals surface area contributed by atoms with E-state index in [2.05, 4.69) is 0 Å². The summed E-state index contributed by atoms with van der Waals surface area (Å²) < 4.78 is 0. The van der Waals surface area contributed by atoms with E-state index in [0.717, 1.165) is 10.6 Å². The van der Waals surface area contributed by atoms with E-state index in [1.807, 2.05) is 18.2 Å². The van der Waals surface area contributed by atoms with E-state index in [-0.39, 0.29) is 6.42 Å². The van der Waals surface area contributed by atoms with Gasteiger partial charge in [-0.3, -0.25) is 4.79 Å². The molecule has 0 atom stereocenters. The van der Waals surface area contributed by atoms with E-state index in [0.29, 0.717) is 12.0 Å². The van der Waals surface area contributed by atoms with E-state index < -0.39 is 5.97 Å². The van der Waals surface area contributed by atoms with E-state index in [1.54, 1.807) is 23.9 Å². The Balaban J connectivity index is 2.32. The molecule has 0 heterocycles. The number of carboxylic acids is 1. The number of rotatable bonds is 5. The third-order valence-electron chi connectivity index (χ3n) is 1.79. The van der Waals surface area contributed by atoms with Gasteiger partial charge in [0.05, 0.1) is 11.6 Å². The van der Waals surface area contributed by atoms with Crippen molar-refractivity contribution in [3.8, 4) is 6.07 Å². The minimum atomic E-state index is -0.754. The van der Waals surface area contributed by atoms with Gasteiger partial charge in [-0.1, -0.05) is 0 Å². The molecule has 0 amide bonds. The molecule has 0 saturated heterocycles. The fourth-order valence-electron chi connectivity index (χ4n) is 1.04. The Bertz CT molecular complexity index is 367. The van der Waals surface area contributed by atoms with Crippen molar-refractivity contribution in [1.82, 2.24) is 0 Å². The third kappa shape index (κ3) is 4.52. The maximum absolute atomic E-state index is 10.2. The number of carbonyl (C=O) groups is 1. The average molecular weight is 221 g/mol. The van der Waals surface area contributed by atoms with Gasteiger partial charge in [-0.2, -0.15) is 5.26 Å². The van der Waals surface area contributed by atoms with Gasteiger partial charge < -0.3 is 5.11 Å². The predicted octanol–water partition coefficient (Wildman–Crippen LogP) is 2.52. The molecule has 1 aromatic carbocycles. The van der Waals surface area contributed by atoms with Crippen LogP contribution >= 0.6 is 11.8 Å². The first kappa shape index (κ1) is 11.6. The van der Waals surface area contributed by atoms with Crippen LogP contribution in [0.2, 0.25) is 0 Å². The summed E-state index contributed by atoms with van der Waals surface area (Å²) in [6.07, 6.45) is 0.878. The van der Waals surface area contributed by atoms with Crippen LogP contribution in [0.25, 0.3) is 0 Å². The summed E-state index contributed by atoms with van der Waals surface area (Å²) in [5.74, 6) is 0.0356. The van der Waals surface area contributed by atoms with Gasteiger partial charge in [0.15, 0.2) is 0 Å². The zero-order valence-corrected chi connectivity index (χ0v) is 8.96. The molecule has 15 heavy (non-hydrogen) atoms. The molecular weight excluding hydrogens is 210 g/mol. The highest BCUT2D eigenvalue weighted by Gasteiger charge is 1.98. The maximum Gasteiger partial charge on any atom is 0.303 e. The topological polar surface area (TPSA) is 61.1 Å². The van der Waals surface area contributed by atoms with Gasteiger partial charge in [-0.15, -0.1) is 11.8 Å². The summed E-state index contributed by atoms with van der Waals surface area (Å²) in [5, 5.41) is 17.0. The van der Waals surface area contributed by atoms with E-state index >= 15 is 0 Å². The number of aliphatic carboxylic acids is 1. The van der Waals surface area contributed by atoms with Gasteiger partial charge in [0, 0.05) is 11.3 Å². The molecule has 0 aliphatic rings. The van der Waals surface area contributed by atoms with Crippen LogP contribution < -0.4 is 0 Å². The van der Waals surface area contributed by atoms with E-state index in [4.69, 9.17) is 10.4 Å². The minimum absolute atomic E-state index is 0.212. The molecule has 1 aromatic rings. The summed E-state index contributed by atoms with van der Waals surface area (Å²) in [4.78, 5) is 11.3. The van der Waals surface area contributed by atoms with Crippen LogP contribution in [-0.2, 0) is 4.79 Å². The molecule has 1 N–H and O–H groups in total. The van der Waals surface area contributed by atoms with E-state index in [1.165, 1.54) is 0 Å². The molecule has 0 aliphatic carbocycles. The van der Waals surface area contributed by atoms with Crippen molar-refractivity contribution in [3.05, 3.63) is 29.8 Å². The monoisotopic (exact) mass is 221 g/mol. The van der Waals surface area contributed by atoms with Crippen molar-refractivity contribution in [2.75, 3.05) is 5.75 Å². The summed E-state index contributed by atoms with van der Waals surface area (Å²) in [5.41, 5.74) is 0.643. The Labute approximate surface area is 92.7 Å². The second kappa shape index (κ2) is 6.10. The number of benzene rings is 1. The number of hydrogen-bond acceptors (Lipinski definition) is 3. The van der Waals surface area contributed by atoms with Crippen molar-refractivity contribution >= 4 is 17.7 Å². The summed E-state index contributed by atoms with van der Waals surface area (Å²) >= 11 is 1.61. The number of nitriles is 1. The van der Waals surface area contributed by atoms with Crippen LogP contribution in [0.5, 0.6) is 0 Å². The van der Waals surface area contributed by atoms with Crippen molar-refractivity contribution in [2.24, 2.45) is 0 Å². The minimum Gasteiger partial charge on any atom is -0.481 e. The summed E-state index contributed by atoms with van der Waals surface area (Å²) in [7, 11) is 0. The molecule has 1 rings (SSSR count). The number of hydrogen-bond donors (Lipinski definition) is 1. The summed E-state index contributed by atoms with van der Waals surface area (Å²) in [6.45, 7) is 0. The van der Waals surface area contributed by atoms with Crippen molar-refractivity contribution in [3.63, 3.8) is 0 Å². The van der Waals surface area contributed by atoms with Gasteiger partial charge in [-0.05, 0) is 36.4 Å². The Hall–Kier alpha value is -1.47. The fourth-order valence-corrected chi connectivity index (χ4v) is 1.89. The zero-order valence-electron chi connectivity index (χ0n) is 8.14. The standard InChI is InChI=1S/C11H11NO2S/c12-8-9-3-5-10(6-4-9)15-7-1-2-11(13)14/h3-6H,1-2,7H2,(H,13,14). The lowest BCUT2D eigenvalue weighted by atomic mass is 10.2. The highest BCUT2D eigenvalue weighted by atomic mass is 32.2. The highest BCUT2D eigenvalue weighted by Crippen LogP contribution is 2.19. The number of carboxylic acid groups (broad SMARTS) is 1. The van der Waals surface area contributed by atoms with Gasteiger partial charge in [0.2, 0.25) is 0 Å². The lowest BCUT2D eigenvalue weighted by molar-refractivity contribution is -0.137. The molecule has 4 heteroatoms. The Kier molecular flexibility index (Phi) is 4.72. The first-order chi connectivity index (χ1) is 7.22. The second-order valence-electron chi connectivity index (χ2n) is 2.98. The van der Waals surface area contributed by atoms with Crippen LogP contribution in [0.1, 0.15) is 18.4 Å². The van der Waals surface area contributed by atoms with Crippen LogP contribution in [0.4, 0.5) is 0 Å². The number of thioether (sulfide) groups is 1. The van der Waals surface area contributed by atoms with Crippen molar-refractivity contribution in [1.29, 1.82) is 5.26 Å². The van der Waals surface area contributed by atoms with Crippen molar-refractivity contribution < 1.29 is 9.90 Å². The number of nitrogens with zero attached hydrogens (tertiary/aromatic N) is 1.